The average molecular weight is 467 g/mol. The van der Waals surface area contributed by atoms with Crippen LogP contribution in [0.1, 0.15) is 6.23 Å². The van der Waals surface area contributed by atoms with E-state index in [1.165, 1.54) is 15.3 Å². The summed E-state index contributed by atoms with van der Waals surface area (Å²) in [6.07, 6.45) is -1.35. The first-order valence-corrected chi connectivity index (χ1v) is 10.9. The third kappa shape index (κ3) is 3.39. The molecule has 4 aromatic rings. The number of ether oxygens (including phenoxy) is 1. The summed E-state index contributed by atoms with van der Waals surface area (Å²) in [5.74, 6) is 0.284. The minimum Gasteiger partial charge on any atom is -0.756 e. The number of aromatic nitrogens is 5. The van der Waals surface area contributed by atoms with Crippen molar-refractivity contribution in [1.29, 1.82) is 0 Å². The number of H-pyrrole nitrogens is 1. The van der Waals surface area contributed by atoms with Gasteiger partial charge in [-0.15, -0.1) is 0 Å². The van der Waals surface area contributed by atoms with Crippen molar-refractivity contribution in [3.8, 4) is 11.3 Å². The summed E-state index contributed by atoms with van der Waals surface area (Å²) < 4.78 is 29.6. The van der Waals surface area contributed by atoms with Crippen LogP contribution in [0.4, 0.5) is 0 Å². The van der Waals surface area contributed by atoms with E-state index in [4.69, 9.17) is 9.26 Å². The van der Waals surface area contributed by atoms with Gasteiger partial charge in [0.2, 0.25) is 5.78 Å². The quantitative estimate of drug-likeness (QED) is 0.235. The summed E-state index contributed by atoms with van der Waals surface area (Å²) >= 11 is 0. The number of nitrogens with zero attached hydrogens (tertiary/aromatic N) is 4. The van der Waals surface area contributed by atoms with Crippen LogP contribution < -0.4 is 40.0 Å². The van der Waals surface area contributed by atoms with Crippen LogP contribution in [0.3, 0.4) is 0 Å². The number of aliphatic hydroxyl groups excluding tert-OH is 1. The summed E-state index contributed by atoms with van der Waals surface area (Å²) in [6.45, 7) is -0.275. The topological polar surface area (TPSA) is 156 Å². The van der Waals surface area contributed by atoms with Crippen molar-refractivity contribution in [3.63, 3.8) is 0 Å². The predicted molar refractivity (Wildman–Crippen MR) is 103 cm³/mol. The molecule has 0 saturated carbocycles. The second kappa shape index (κ2) is 7.87. The van der Waals surface area contributed by atoms with Crippen molar-refractivity contribution in [2.24, 2.45) is 0 Å². The van der Waals surface area contributed by atoms with E-state index in [0.29, 0.717) is 5.69 Å². The van der Waals surface area contributed by atoms with E-state index in [2.05, 4.69) is 19.5 Å². The first-order chi connectivity index (χ1) is 14.9. The maximum absolute atomic E-state index is 13.0. The predicted octanol–water partition coefficient (Wildman–Crippen LogP) is -2.81. The molecule has 0 spiro atoms. The number of phosphoric acid groups is 1. The summed E-state index contributed by atoms with van der Waals surface area (Å²) in [5, 5.41) is 10.6. The van der Waals surface area contributed by atoms with E-state index >= 15 is 0 Å². The van der Waals surface area contributed by atoms with Crippen LogP contribution >= 0.6 is 7.82 Å². The number of nitrogens with one attached hydrogen (secondary N) is 1. The molecule has 5 unspecified atom stereocenters. The Kier molecular flexibility index (Phi) is 5.40. The fourth-order valence-corrected chi connectivity index (χ4v) is 4.93. The molecule has 3 aromatic heterocycles. The van der Waals surface area contributed by atoms with Gasteiger partial charge in [0.05, 0.1) is 18.6 Å². The van der Waals surface area contributed by atoms with E-state index in [1.807, 2.05) is 30.3 Å². The zero-order chi connectivity index (χ0) is 21.3. The molecule has 14 heteroatoms. The summed E-state index contributed by atoms with van der Waals surface area (Å²) in [5.41, 5.74) is 1.44. The molecule has 5 atom stereocenters. The Morgan fingerprint density at radius 1 is 1.28 bits per heavy atom. The Bertz CT molecular complexity index is 1420. The Labute approximate surface area is 201 Å². The molecule has 2 aliphatic heterocycles. The van der Waals surface area contributed by atoms with Crippen molar-refractivity contribution in [1.82, 2.24) is 23.9 Å². The van der Waals surface area contributed by atoms with Gasteiger partial charge in [0.25, 0.3) is 13.4 Å². The minimum absolute atomic E-state index is 0. The molecule has 6 rings (SSSR count). The summed E-state index contributed by atoms with van der Waals surface area (Å²) in [7, 11) is -4.50. The van der Waals surface area contributed by atoms with Gasteiger partial charge in [0, 0.05) is 6.20 Å². The second-order valence-electron chi connectivity index (χ2n) is 7.34. The molecule has 2 saturated heterocycles. The molecule has 12 nitrogen and oxygen atoms in total. The number of benzene rings is 1. The van der Waals surface area contributed by atoms with Crippen LogP contribution in [-0.2, 0) is 18.3 Å². The van der Waals surface area contributed by atoms with Gasteiger partial charge in [0.15, 0.2) is 17.4 Å². The third-order valence-electron chi connectivity index (χ3n) is 5.45. The molecule has 0 bridgehead atoms. The summed E-state index contributed by atoms with van der Waals surface area (Å²) in [6, 6.07) is 9.45. The number of hydrogen-bond acceptors (Lipinski definition) is 9. The van der Waals surface area contributed by atoms with E-state index in [0.717, 1.165) is 5.56 Å². The zero-order valence-electron chi connectivity index (χ0n) is 16.7. The molecule has 1 aromatic carbocycles. The Balaban J connectivity index is 0.00000216. The van der Waals surface area contributed by atoms with Gasteiger partial charge >= 0.3 is 29.6 Å². The van der Waals surface area contributed by atoms with Gasteiger partial charge in [-0.2, -0.15) is 4.98 Å². The number of aliphatic hydroxyl groups is 1. The van der Waals surface area contributed by atoms with Gasteiger partial charge < -0.3 is 28.8 Å². The smallest absolute Gasteiger partial charge is 0.756 e. The molecule has 0 aliphatic carbocycles. The van der Waals surface area contributed by atoms with Crippen LogP contribution in [0.2, 0.25) is 0 Å². The Morgan fingerprint density at radius 3 is 2.84 bits per heavy atom. The van der Waals surface area contributed by atoms with Crippen molar-refractivity contribution >= 4 is 24.8 Å². The van der Waals surface area contributed by atoms with E-state index < -0.39 is 37.9 Å². The van der Waals surface area contributed by atoms with Crippen molar-refractivity contribution in [3.05, 3.63) is 53.2 Å². The zero-order valence-corrected chi connectivity index (χ0v) is 19.6. The molecule has 2 aliphatic rings. The number of hydrogen-bond donors (Lipinski definition) is 2. The monoisotopic (exact) mass is 467 g/mol. The van der Waals surface area contributed by atoms with Crippen molar-refractivity contribution < 1.29 is 57.9 Å². The third-order valence-corrected chi connectivity index (χ3v) is 6.42. The minimum atomic E-state index is -4.50. The number of fused-ring (bicyclic) bond motifs is 3. The van der Waals surface area contributed by atoms with E-state index in [9.17, 15) is 19.4 Å². The second-order valence-corrected chi connectivity index (χ2v) is 8.70. The largest absolute Gasteiger partial charge is 1.00 e. The number of phosphoric ester groups is 1. The van der Waals surface area contributed by atoms with Gasteiger partial charge in [-0.3, -0.25) is 13.9 Å². The standard InChI is InChI=1S/C18H16N5O7P.Na/c24-13-14-11(7-28-31(26,27)30-14)29-17(13)23-8-19-12-15(23)21-18-20-10(6-22(18)16(12)25)9-4-2-1-3-5-9;/h1-6,8,11,13-14,17,24H,7H2,(H,20,21)(H,26,27);/q;+1/p-1. The van der Waals surface area contributed by atoms with E-state index in [1.54, 1.807) is 6.20 Å². The van der Waals surface area contributed by atoms with Crippen LogP contribution in [0.25, 0.3) is 28.2 Å². The molecule has 2 N–H and O–H groups in total. The molecular formula is C18H15N5NaO7P. The van der Waals surface area contributed by atoms with Gasteiger partial charge in [-0.25, -0.2) is 9.38 Å². The first kappa shape index (κ1) is 22.0. The summed E-state index contributed by atoms with van der Waals surface area (Å²) in [4.78, 5) is 36.3. The van der Waals surface area contributed by atoms with Crippen molar-refractivity contribution in [2.75, 3.05) is 6.61 Å². The Hall–Kier alpha value is -1.86. The average Bonchev–Trinajstić information content (AvgIpc) is 3.45. The van der Waals surface area contributed by atoms with Gasteiger partial charge in [-0.1, -0.05) is 30.3 Å². The SMILES string of the molecule is O=c1c2ncn(C3OC4COP(=O)([O-])OC4C3O)c2nc2[nH]c(-c3ccccc3)cn12.[Na+]. The Morgan fingerprint density at radius 2 is 2.06 bits per heavy atom. The molecule has 32 heavy (non-hydrogen) atoms. The molecular weight excluding hydrogens is 452 g/mol. The normalized spacial score (nSPS) is 29.8. The fraction of sp³-hybridized carbons (Fsp3) is 0.278. The van der Waals surface area contributed by atoms with Crippen molar-refractivity contribution in [2.45, 2.75) is 24.5 Å². The molecule has 2 fully saturated rings. The fourth-order valence-electron chi connectivity index (χ4n) is 3.98. The van der Waals surface area contributed by atoms with Gasteiger partial charge in [-0.05, 0) is 5.56 Å². The molecule has 0 amide bonds. The molecule has 160 valence electrons. The number of imidazole rings is 2. The van der Waals surface area contributed by atoms with Crippen LogP contribution in [0.15, 0.2) is 47.7 Å². The number of rotatable bonds is 2. The van der Waals surface area contributed by atoms with Crippen LogP contribution in [-0.4, -0.2) is 53.9 Å². The number of aromatic amines is 1. The maximum atomic E-state index is 13.0. The molecule has 5 heterocycles. The maximum Gasteiger partial charge on any atom is 1.00 e. The van der Waals surface area contributed by atoms with E-state index in [-0.39, 0.29) is 53.1 Å². The van der Waals surface area contributed by atoms with Crippen LogP contribution in [0, 0.1) is 0 Å². The van der Waals surface area contributed by atoms with Gasteiger partial charge in [0.1, 0.15) is 18.3 Å². The van der Waals surface area contributed by atoms with Crippen LogP contribution in [0.5, 0.6) is 0 Å². The first-order valence-electron chi connectivity index (χ1n) is 9.42. The molecule has 0 radical (unpaired) electrons.